The lowest BCUT2D eigenvalue weighted by Gasteiger charge is -2.20. The molecule has 0 amide bonds. The molecule has 378 valence electrons. The van der Waals surface area contributed by atoms with Gasteiger partial charge in [0.15, 0.2) is 29.1 Å². The highest BCUT2D eigenvalue weighted by atomic mass is 15.1. The van der Waals surface area contributed by atoms with Crippen LogP contribution in [0.4, 0.5) is 0 Å². The summed E-state index contributed by atoms with van der Waals surface area (Å²) in [5.41, 5.74) is 14.4. The maximum Gasteiger partial charge on any atom is 0.164 e. The second kappa shape index (κ2) is 19.3. The van der Waals surface area contributed by atoms with Crippen LogP contribution in [-0.2, 0) is 0 Å². The van der Waals surface area contributed by atoms with E-state index in [2.05, 4.69) is 153 Å². The molecule has 0 aliphatic heterocycles. The Morgan fingerprint density at radius 2 is 0.762 bits per heavy atom. The van der Waals surface area contributed by atoms with Crippen LogP contribution in [0.25, 0.3) is 134 Å². The fraction of sp³-hybridized carbons (Fsp3) is 0.0588. The van der Waals surface area contributed by atoms with Gasteiger partial charge in [-0.3, -0.25) is 0 Å². The summed E-state index contributed by atoms with van der Waals surface area (Å²) >= 11 is 0. The predicted octanol–water partition coefficient (Wildman–Crippen LogP) is 15.2. The van der Waals surface area contributed by atoms with Crippen molar-refractivity contribution < 1.29 is 0 Å². The summed E-state index contributed by atoms with van der Waals surface area (Å²) in [5.74, 6) is 5.54. The highest BCUT2D eigenvalue weighted by molar-refractivity contribution is 6.12. The Balaban J connectivity index is 1.08. The second-order valence-electron chi connectivity index (χ2n) is 19.9. The smallest absolute Gasteiger partial charge is 0.164 e. The predicted molar refractivity (Wildman–Crippen MR) is 317 cm³/mol. The Morgan fingerprint density at radius 1 is 0.300 bits per heavy atom. The Labute approximate surface area is 460 Å². The van der Waals surface area contributed by atoms with Crippen LogP contribution in [-0.4, -0.2) is 54.0 Å². The fourth-order valence-corrected chi connectivity index (χ4v) is 11.2. The van der Waals surface area contributed by atoms with Crippen molar-refractivity contribution in [1.29, 1.82) is 5.26 Å². The molecule has 12 heteroatoms. The first-order valence-corrected chi connectivity index (χ1v) is 26.3. The largest absolute Gasteiger partial charge is 0.309 e. The molecular formula is C68H46N12. The van der Waals surface area contributed by atoms with Gasteiger partial charge in [-0.1, -0.05) is 115 Å². The molecule has 0 aliphatic rings. The molecule has 0 N–H and O–H groups in total. The normalized spacial score (nSPS) is 11.5. The third-order valence-corrected chi connectivity index (χ3v) is 14.6. The van der Waals surface area contributed by atoms with E-state index in [-0.39, 0.29) is 0 Å². The number of fused-ring (bicyclic) bond motifs is 6. The number of hydrogen-bond donors (Lipinski definition) is 0. The number of benzene rings is 9. The lowest BCUT2D eigenvalue weighted by atomic mass is 9.92. The van der Waals surface area contributed by atoms with Gasteiger partial charge in [-0.05, 0) is 135 Å². The number of hydrogen-bond acceptors (Lipinski definition) is 10. The molecule has 0 unspecified atom stereocenters. The van der Waals surface area contributed by atoms with Crippen LogP contribution in [0.2, 0.25) is 0 Å². The van der Waals surface area contributed by atoms with E-state index in [0.29, 0.717) is 58.0 Å². The van der Waals surface area contributed by atoms with E-state index in [1.165, 1.54) is 0 Å². The number of aryl methyl sites for hydroxylation is 4. The zero-order valence-corrected chi connectivity index (χ0v) is 44.0. The van der Waals surface area contributed by atoms with E-state index in [1.54, 1.807) is 0 Å². The molecule has 14 aromatic rings. The molecular weight excluding hydrogens is 985 g/mol. The van der Waals surface area contributed by atoms with E-state index >= 15 is 0 Å². The molecule has 0 aliphatic carbocycles. The van der Waals surface area contributed by atoms with Crippen LogP contribution in [0.5, 0.6) is 0 Å². The minimum Gasteiger partial charge on any atom is -0.309 e. The maximum absolute atomic E-state index is 10.2. The average Bonchev–Trinajstić information content (AvgIpc) is 4.15. The summed E-state index contributed by atoms with van der Waals surface area (Å²) in [5, 5.41) is 14.4. The maximum atomic E-state index is 10.2. The summed E-state index contributed by atoms with van der Waals surface area (Å²) in [6, 6.07) is 73.4. The molecule has 5 heterocycles. The minimum absolute atomic E-state index is 0.506. The number of para-hydroxylation sites is 2. The quantitative estimate of drug-likeness (QED) is 0.137. The highest BCUT2D eigenvalue weighted by Crippen LogP contribution is 2.44. The van der Waals surface area contributed by atoms with Crippen molar-refractivity contribution in [3.05, 3.63) is 235 Å². The van der Waals surface area contributed by atoms with Gasteiger partial charge in [-0.15, -0.1) is 0 Å². The lowest BCUT2D eigenvalue weighted by Crippen LogP contribution is -2.04. The lowest BCUT2D eigenvalue weighted by molar-refractivity contribution is 0.928. The first-order valence-electron chi connectivity index (χ1n) is 26.3. The van der Waals surface area contributed by atoms with Gasteiger partial charge in [-0.25, -0.2) is 44.9 Å². The van der Waals surface area contributed by atoms with Gasteiger partial charge in [0.1, 0.15) is 23.3 Å². The molecule has 0 radical (unpaired) electrons. The average molecular weight is 1030 g/mol. The molecule has 0 bridgehead atoms. The number of aromatic nitrogens is 11. The molecule has 0 spiro atoms. The van der Waals surface area contributed by atoms with Gasteiger partial charge in [0.05, 0.1) is 39.4 Å². The number of nitrogens with zero attached hydrogens (tertiary/aromatic N) is 12. The Kier molecular flexibility index (Phi) is 11.5. The van der Waals surface area contributed by atoms with Crippen LogP contribution < -0.4 is 0 Å². The first kappa shape index (κ1) is 47.5. The van der Waals surface area contributed by atoms with Crippen LogP contribution in [0.1, 0.15) is 28.9 Å². The van der Waals surface area contributed by atoms with E-state index < -0.39 is 0 Å². The van der Waals surface area contributed by atoms with Gasteiger partial charge < -0.3 is 9.13 Å². The van der Waals surface area contributed by atoms with Crippen molar-refractivity contribution in [3.8, 4) is 96.6 Å². The van der Waals surface area contributed by atoms with Crippen molar-refractivity contribution in [2.45, 2.75) is 27.7 Å². The third kappa shape index (κ3) is 8.37. The number of nitriles is 1. The molecule has 0 atom stereocenters. The highest BCUT2D eigenvalue weighted by Gasteiger charge is 2.24. The SMILES string of the molecule is Cc1nc(C)nc(-c2ccc3c(c2)c2ccccc2n3-c2ccc(-c3nc(-c4ccccc4)nc(-c4ccccc4)n3)c(-c3cc(-c4cccc(C#N)c4)ccc3-n3c4ccccc4c4cc(-c5nc(C)nc(C)n5)ccc43)c2)n1. The minimum atomic E-state index is 0.506. The Morgan fingerprint density at radius 3 is 1.34 bits per heavy atom. The van der Waals surface area contributed by atoms with Crippen LogP contribution in [0.3, 0.4) is 0 Å². The van der Waals surface area contributed by atoms with E-state index in [9.17, 15) is 5.26 Å². The first-order chi connectivity index (χ1) is 39.2. The molecule has 9 aromatic carbocycles. The van der Waals surface area contributed by atoms with Crippen molar-refractivity contribution in [1.82, 2.24) is 54.0 Å². The van der Waals surface area contributed by atoms with Crippen molar-refractivity contribution in [2.24, 2.45) is 0 Å². The molecule has 80 heavy (non-hydrogen) atoms. The van der Waals surface area contributed by atoms with Crippen LogP contribution in [0.15, 0.2) is 206 Å². The molecule has 0 saturated heterocycles. The summed E-state index contributed by atoms with van der Waals surface area (Å²) in [7, 11) is 0. The summed E-state index contributed by atoms with van der Waals surface area (Å²) in [4.78, 5) is 43.8. The van der Waals surface area contributed by atoms with Crippen molar-refractivity contribution in [3.63, 3.8) is 0 Å². The Hall–Kier alpha value is -10.9. The van der Waals surface area contributed by atoms with Gasteiger partial charge in [0.2, 0.25) is 0 Å². The molecule has 5 aromatic heterocycles. The van der Waals surface area contributed by atoms with Crippen molar-refractivity contribution >= 4 is 43.6 Å². The zero-order chi connectivity index (χ0) is 54.0. The van der Waals surface area contributed by atoms with Gasteiger partial charge >= 0.3 is 0 Å². The fourth-order valence-electron chi connectivity index (χ4n) is 11.2. The molecule has 14 rings (SSSR count). The van der Waals surface area contributed by atoms with E-state index in [1.807, 2.05) is 107 Å². The standard InChI is InChI=1S/C68H46N12/c1-40-70-41(2)73-66(72-40)49-27-32-61-56(36-49)52-22-11-13-24-59(52)79(61)51-29-30-54(68-77-64(45-17-7-5-8-18-45)76-65(78-68)46-19-9-6-10-20-46)55(38-51)58-35-48(47-21-15-16-44(34-47)39-69)26-31-63(58)80-60-25-14-12-23-53(60)57-37-50(28-33-62(57)80)67-74-42(3)71-43(4)75-67/h5-38H,1-4H3. The summed E-state index contributed by atoms with van der Waals surface area (Å²) in [6.07, 6.45) is 0. The van der Waals surface area contributed by atoms with Gasteiger partial charge in [0.25, 0.3) is 0 Å². The monoisotopic (exact) mass is 1030 g/mol. The van der Waals surface area contributed by atoms with Crippen molar-refractivity contribution in [2.75, 3.05) is 0 Å². The molecule has 0 saturated carbocycles. The van der Waals surface area contributed by atoms with Gasteiger partial charge in [-0.2, -0.15) is 5.26 Å². The van der Waals surface area contributed by atoms with E-state index in [4.69, 9.17) is 34.9 Å². The zero-order valence-electron chi connectivity index (χ0n) is 44.0. The molecule has 12 nitrogen and oxygen atoms in total. The van der Waals surface area contributed by atoms with Gasteiger partial charge in [0, 0.05) is 60.6 Å². The molecule has 0 fully saturated rings. The second-order valence-corrected chi connectivity index (χ2v) is 19.9. The van der Waals surface area contributed by atoms with E-state index in [0.717, 1.165) is 105 Å². The summed E-state index contributed by atoms with van der Waals surface area (Å²) < 4.78 is 4.68. The van der Waals surface area contributed by atoms with Crippen LogP contribution in [0, 0.1) is 39.0 Å². The third-order valence-electron chi connectivity index (χ3n) is 14.6. The number of rotatable bonds is 9. The van der Waals surface area contributed by atoms with Crippen LogP contribution >= 0.6 is 0 Å². The topological polar surface area (TPSA) is 150 Å². The Bertz CT molecular complexity index is 4740. The summed E-state index contributed by atoms with van der Waals surface area (Å²) in [6.45, 7) is 7.59.